The summed E-state index contributed by atoms with van der Waals surface area (Å²) in [4.78, 5) is 9.51. The monoisotopic (exact) mass is 410 g/mol. The fourth-order valence-corrected chi connectivity index (χ4v) is 3.09. The average molecular weight is 412 g/mol. The van der Waals surface area contributed by atoms with Gasteiger partial charge in [-0.1, -0.05) is 59.1 Å². The number of benzene rings is 3. The van der Waals surface area contributed by atoms with E-state index in [-0.39, 0.29) is 0 Å². The molecule has 0 aliphatic heterocycles. The summed E-state index contributed by atoms with van der Waals surface area (Å²) in [6.07, 6.45) is 0. The third kappa shape index (κ3) is 4.14. The van der Waals surface area contributed by atoms with Crippen molar-refractivity contribution in [1.29, 1.82) is 0 Å². The molecule has 0 spiro atoms. The first kappa shape index (κ1) is 18.0. The quantitative estimate of drug-likeness (QED) is 0.350. The van der Waals surface area contributed by atoms with Gasteiger partial charge in [-0.3, -0.25) is 0 Å². The van der Waals surface area contributed by atoms with Crippen molar-refractivity contribution in [3.05, 3.63) is 93.9 Å². The second kappa shape index (κ2) is 7.69. The topological polar surface area (TPSA) is 25.8 Å². The van der Waals surface area contributed by atoms with Crippen molar-refractivity contribution >= 4 is 34.8 Å². The standard InChI is InChI=1S/C22H13Cl3N2/c23-17-7-1-14(2-8-17)20-13-21(15-3-9-18(24)10-4-15)27-22(26-20)16-5-11-19(25)12-6-16/h1-13H. The zero-order valence-corrected chi connectivity index (χ0v) is 16.3. The van der Waals surface area contributed by atoms with Crippen LogP contribution in [0.15, 0.2) is 78.9 Å². The normalized spacial score (nSPS) is 10.8. The molecule has 3 aromatic carbocycles. The van der Waals surface area contributed by atoms with Gasteiger partial charge < -0.3 is 0 Å². The highest BCUT2D eigenvalue weighted by Crippen LogP contribution is 2.29. The molecular weight excluding hydrogens is 399 g/mol. The number of nitrogens with zero attached hydrogens (tertiary/aromatic N) is 2. The summed E-state index contributed by atoms with van der Waals surface area (Å²) in [7, 11) is 0. The molecule has 0 aliphatic carbocycles. The number of hydrogen-bond acceptors (Lipinski definition) is 2. The largest absolute Gasteiger partial charge is 0.228 e. The van der Waals surface area contributed by atoms with Crippen molar-refractivity contribution in [2.45, 2.75) is 0 Å². The minimum absolute atomic E-state index is 0.629. The van der Waals surface area contributed by atoms with Crippen molar-refractivity contribution in [1.82, 2.24) is 9.97 Å². The summed E-state index contributed by atoms with van der Waals surface area (Å²) in [6, 6.07) is 24.6. The Morgan fingerprint density at radius 3 is 1.15 bits per heavy atom. The van der Waals surface area contributed by atoms with E-state index < -0.39 is 0 Å². The fourth-order valence-electron chi connectivity index (χ4n) is 2.71. The summed E-state index contributed by atoms with van der Waals surface area (Å²) < 4.78 is 0. The second-order valence-corrected chi connectivity index (χ2v) is 7.29. The van der Waals surface area contributed by atoms with Crippen LogP contribution in [0, 0.1) is 0 Å². The summed E-state index contributed by atoms with van der Waals surface area (Å²) in [5, 5.41) is 2.04. The van der Waals surface area contributed by atoms with Gasteiger partial charge in [0, 0.05) is 31.8 Å². The first-order valence-corrected chi connectivity index (χ1v) is 9.39. The van der Waals surface area contributed by atoms with Crippen LogP contribution in [0.3, 0.4) is 0 Å². The maximum Gasteiger partial charge on any atom is 0.160 e. The maximum absolute atomic E-state index is 6.03. The molecule has 0 aliphatic rings. The van der Waals surface area contributed by atoms with Crippen molar-refractivity contribution < 1.29 is 0 Å². The van der Waals surface area contributed by atoms with Gasteiger partial charge in [0.25, 0.3) is 0 Å². The van der Waals surface area contributed by atoms with E-state index in [1.54, 1.807) is 0 Å². The van der Waals surface area contributed by atoms with Crippen molar-refractivity contribution in [3.63, 3.8) is 0 Å². The molecule has 1 aromatic heterocycles. The molecule has 4 rings (SSSR count). The van der Waals surface area contributed by atoms with Crippen LogP contribution in [0.25, 0.3) is 33.9 Å². The van der Waals surface area contributed by atoms with Gasteiger partial charge in [0.15, 0.2) is 5.82 Å². The van der Waals surface area contributed by atoms with Crippen LogP contribution in [-0.2, 0) is 0 Å². The molecule has 0 fully saturated rings. The zero-order chi connectivity index (χ0) is 18.8. The molecule has 0 radical (unpaired) electrons. The van der Waals surface area contributed by atoms with Gasteiger partial charge in [-0.25, -0.2) is 9.97 Å². The van der Waals surface area contributed by atoms with Crippen LogP contribution in [0.1, 0.15) is 0 Å². The Morgan fingerprint density at radius 2 is 0.778 bits per heavy atom. The number of halogens is 3. The van der Waals surface area contributed by atoms with Crippen LogP contribution < -0.4 is 0 Å². The fraction of sp³-hybridized carbons (Fsp3) is 0. The number of rotatable bonds is 3. The summed E-state index contributed by atoms with van der Waals surface area (Å²) in [5.41, 5.74) is 4.46. The van der Waals surface area contributed by atoms with E-state index in [9.17, 15) is 0 Å². The molecule has 1 heterocycles. The van der Waals surface area contributed by atoms with E-state index in [0.717, 1.165) is 28.1 Å². The minimum atomic E-state index is 0.629. The Labute approximate surface area is 172 Å². The van der Waals surface area contributed by atoms with E-state index >= 15 is 0 Å². The van der Waals surface area contributed by atoms with Crippen LogP contribution in [0.4, 0.5) is 0 Å². The summed E-state index contributed by atoms with van der Waals surface area (Å²) in [6.45, 7) is 0. The smallest absolute Gasteiger partial charge is 0.160 e. The molecule has 132 valence electrons. The molecule has 0 saturated heterocycles. The van der Waals surface area contributed by atoms with Gasteiger partial charge in [0.1, 0.15) is 0 Å². The lowest BCUT2D eigenvalue weighted by Crippen LogP contribution is -1.95. The van der Waals surface area contributed by atoms with Gasteiger partial charge >= 0.3 is 0 Å². The predicted octanol–water partition coefficient (Wildman–Crippen LogP) is 7.44. The highest BCUT2D eigenvalue weighted by molar-refractivity contribution is 6.31. The average Bonchev–Trinajstić information content (AvgIpc) is 2.69. The molecule has 4 aromatic rings. The molecule has 0 saturated carbocycles. The molecule has 27 heavy (non-hydrogen) atoms. The van der Waals surface area contributed by atoms with Gasteiger partial charge in [-0.05, 0) is 54.6 Å². The summed E-state index contributed by atoms with van der Waals surface area (Å²) >= 11 is 18.1. The Kier molecular flexibility index (Phi) is 5.13. The van der Waals surface area contributed by atoms with Gasteiger partial charge in [-0.2, -0.15) is 0 Å². The summed E-state index contributed by atoms with van der Waals surface area (Å²) in [5.74, 6) is 0.629. The van der Waals surface area contributed by atoms with Gasteiger partial charge in [0.2, 0.25) is 0 Å². The van der Waals surface area contributed by atoms with E-state index in [2.05, 4.69) is 0 Å². The van der Waals surface area contributed by atoms with Crippen LogP contribution in [0.2, 0.25) is 15.1 Å². The van der Waals surface area contributed by atoms with E-state index in [1.165, 1.54) is 0 Å². The van der Waals surface area contributed by atoms with E-state index in [0.29, 0.717) is 20.9 Å². The third-order valence-electron chi connectivity index (χ3n) is 4.11. The Morgan fingerprint density at radius 1 is 0.444 bits per heavy atom. The molecule has 0 bridgehead atoms. The lowest BCUT2D eigenvalue weighted by Gasteiger charge is -2.09. The van der Waals surface area contributed by atoms with Crippen molar-refractivity contribution in [2.24, 2.45) is 0 Å². The SMILES string of the molecule is Clc1ccc(-c2cc(-c3ccc(Cl)cc3)nc(-c3ccc(Cl)cc3)n2)cc1. The van der Waals surface area contributed by atoms with Gasteiger partial charge in [-0.15, -0.1) is 0 Å². The lowest BCUT2D eigenvalue weighted by molar-refractivity contribution is 1.18. The Bertz CT molecular complexity index is 920. The van der Waals surface area contributed by atoms with Crippen LogP contribution in [-0.4, -0.2) is 9.97 Å². The van der Waals surface area contributed by atoms with Gasteiger partial charge in [0.05, 0.1) is 11.4 Å². The van der Waals surface area contributed by atoms with Crippen LogP contribution in [0.5, 0.6) is 0 Å². The van der Waals surface area contributed by atoms with E-state index in [1.807, 2.05) is 78.9 Å². The molecular formula is C22H13Cl3N2. The minimum Gasteiger partial charge on any atom is -0.228 e. The second-order valence-electron chi connectivity index (χ2n) is 5.98. The highest BCUT2D eigenvalue weighted by atomic mass is 35.5. The molecule has 0 atom stereocenters. The predicted molar refractivity (Wildman–Crippen MR) is 113 cm³/mol. The molecule has 0 N–H and O–H groups in total. The third-order valence-corrected chi connectivity index (χ3v) is 4.86. The first-order chi connectivity index (χ1) is 13.1. The molecule has 0 unspecified atom stereocenters. The van der Waals surface area contributed by atoms with Crippen molar-refractivity contribution in [3.8, 4) is 33.9 Å². The molecule has 5 heteroatoms. The molecule has 2 nitrogen and oxygen atoms in total. The number of aromatic nitrogens is 2. The zero-order valence-electron chi connectivity index (χ0n) is 14.0. The molecule has 0 amide bonds. The number of hydrogen-bond donors (Lipinski definition) is 0. The van der Waals surface area contributed by atoms with Crippen LogP contribution >= 0.6 is 34.8 Å². The highest BCUT2D eigenvalue weighted by Gasteiger charge is 2.10. The van der Waals surface area contributed by atoms with Crippen molar-refractivity contribution in [2.75, 3.05) is 0 Å². The Balaban J connectivity index is 1.89. The Hall–Kier alpha value is -2.39. The van der Waals surface area contributed by atoms with E-state index in [4.69, 9.17) is 44.8 Å². The first-order valence-electron chi connectivity index (χ1n) is 8.25. The maximum atomic E-state index is 6.03. The lowest BCUT2D eigenvalue weighted by atomic mass is 10.1.